The van der Waals surface area contributed by atoms with Gasteiger partial charge in [0, 0.05) is 13.1 Å². The maximum Gasteiger partial charge on any atom is 0.169 e. The Morgan fingerprint density at radius 1 is 1.06 bits per heavy atom. The van der Waals surface area contributed by atoms with Gasteiger partial charge in [0.2, 0.25) is 0 Å². The van der Waals surface area contributed by atoms with Crippen LogP contribution in [0.25, 0.3) is 0 Å². The van der Waals surface area contributed by atoms with Crippen LogP contribution in [0.2, 0.25) is 0 Å². The van der Waals surface area contributed by atoms with Crippen molar-refractivity contribution < 1.29 is 9.52 Å². The first-order valence-electron chi connectivity index (χ1n) is 5.89. The van der Waals surface area contributed by atoms with Gasteiger partial charge in [0.25, 0.3) is 0 Å². The molecule has 96 valence electrons. The summed E-state index contributed by atoms with van der Waals surface area (Å²) in [4.78, 5) is 2.15. The van der Waals surface area contributed by atoms with Crippen LogP contribution in [0.4, 0.5) is 0 Å². The van der Waals surface area contributed by atoms with Gasteiger partial charge in [-0.05, 0) is 33.6 Å². The zero-order valence-corrected chi connectivity index (χ0v) is 11.6. The van der Waals surface area contributed by atoms with Crippen molar-refractivity contribution in [3.63, 3.8) is 0 Å². The molecule has 4 heteroatoms. The van der Waals surface area contributed by atoms with E-state index in [1.54, 1.807) is 0 Å². The highest BCUT2D eigenvalue weighted by Crippen LogP contribution is 2.16. The van der Waals surface area contributed by atoms with Gasteiger partial charge in [0.05, 0.1) is 13.2 Å². The van der Waals surface area contributed by atoms with Gasteiger partial charge in [-0.1, -0.05) is 30.3 Å². The summed E-state index contributed by atoms with van der Waals surface area (Å²) in [5.74, 6) is 0.895. The maximum absolute atomic E-state index is 9.12. The van der Waals surface area contributed by atoms with Gasteiger partial charge in [-0.3, -0.25) is 4.90 Å². The quantitative estimate of drug-likeness (QED) is 0.891. The predicted octanol–water partition coefficient (Wildman–Crippen LogP) is 3.04. The first kappa shape index (κ1) is 13.3. The van der Waals surface area contributed by atoms with Crippen molar-refractivity contribution in [3.05, 3.63) is 58.5 Å². The van der Waals surface area contributed by atoms with Gasteiger partial charge in [-0.15, -0.1) is 0 Å². The van der Waals surface area contributed by atoms with Crippen LogP contribution in [-0.4, -0.2) is 23.2 Å². The lowest BCUT2D eigenvalue weighted by atomic mass is 10.2. The van der Waals surface area contributed by atoms with Crippen LogP contribution in [0, 0.1) is 0 Å². The summed E-state index contributed by atoms with van der Waals surface area (Å²) in [5.41, 5.74) is 1.23. The van der Waals surface area contributed by atoms with Crippen molar-refractivity contribution in [1.29, 1.82) is 0 Å². The van der Waals surface area contributed by atoms with Gasteiger partial charge in [-0.25, -0.2) is 0 Å². The molecule has 0 aliphatic rings. The van der Waals surface area contributed by atoms with E-state index in [4.69, 9.17) is 9.52 Å². The molecule has 0 aliphatic heterocycles. The molecule has 1 heterocycles. The fourth-order valence-electron chi connectivity index (χ4n) is 1.85. The molecule has 0 radical (unpaired) electrons. The molecule has 1 aromatic carbocycles. The Labute approximate surface area is 115 Å². The van der Waals surface area contributed by atoms with E-state index in [0.717, 1.165) is 17.0 Å². The second-order valence-corrected chi connectivity index (χ2v) is 4.91. The Kier molecular flexibility index (Phi) is 4.99. The number of aliphatic hydroxyl groups excluding tert-OH is 1. The average molecular weight is 310 g/mol. The number of halogens is 1. The molecule has 1 aromatic heterocycles. The van der Waals surface area contributed by atoms with Crippen LogP contribution in [-0.2, 0) is 13.1 Å². The molecule has 2 rings (SSSR count). The van der Waals surface area contributed by atoms with Crippen LogP contribution in [0.3, 0.4) is 0 Å². The zero-order valence-electron chi connectivity index (χ0n) is 10.1. The van der Waals surface area contributed by atoms with Crippen molar-refractivity contribution in [3.8, 4) is 0 Å². The van der Waals surface area contributed by atoms with Crippen LogP contribution >= 0.6 is 15.9 Å². The summed E-state index contributed by atoms with van der Waals surface area (Å²) >= 11 is 3.29. The van der Waals surface area contributed by atoms with Crippen LogP contribution in [0.5, 0.6) is 0 Å². The van der Waals surface area contributed by atoms with Gasteiger partial charge < -0.3 is 9.52 Å². The zero-order chi connectivity index (χ0) is 12.8. The van der Waals surface area contributed by atoms with E-state index in [2.05, 4.69) is 33.0 Å². The number of benzene rings is 1. The Morgan fingerprint density at radius 2 is 1.83 bits per heavy atom. The number of aliphatic hydroxyl groups is 1. The monoisotopic (exact) mass is 309 g/mol. The van der Waals surface area contributed by atoms with Gasteiger partial charge in [-0.2, -0.15) is 0 Å². The fourth-order valence-corrected chi connectivity index (χ4v) is 2.19. The third-order valence-electron chi connectivity index (χ3n) is 2.67. The molecular formula is C14H16BrNO2. The van der Waals surface area contributed by atoms with E-state index < -0.39 is 0 Å². The van der Waals surface area contributed by atoms with E-state index in [1.807, 2.05) is 30.3 Å². The van der Waals surface area contributed by atoms with Crippen molar-refractivity contribution in [2.45, 2.75) is 13.1 Å². The lowest BCUT2D eigenvalue weighted by molar-refractivity contribution is 0.174. The van der Waals surface area contributed by atoms with E-state index >= 15 is 0 Å². The van der Waals surface area contributed by atoms with E-state index in [-0.39, 0.29) is 6.61 Å². The van der Waals surface area contributed by atoms with Crippen molar-refractivity contribution in [2.24, 2.45) is 0 Å². The molecule has 1 N–H and O–H groups in total. The second-order valence-electron chi connectivity index (χ2n) is 4.13. The summed E-state index contributed by atoms with van der Waals surface area (Å²) in [6, 6.07) is 14.1. The van der Waals surface area contributed by atoms with E-state index in [0.29, 0.717) is 13.1 Å². The van der Waals surface area contributed by atoms with Gasteiger partial charge >= 0.3 is 0 Å². The Hall–Kier alpha value is -1.10. The third kappa shape index (κ3) is 3.98. The standard InChI is InChI=1S/C14H16BrNO2/c15-14-7-6-13(18-14)11-16(8-9-17)10-12-4-2-1-3-5-12/h1-7,17H,8-11H2. The minimum absolute atomic E-state index is 0.148. The van der Waals surface area contributed by atoms with E-state index in [1.165, 1.54) is 5.56 Å². The lowest BCUT2D eigenvalue weighted by Crippen LogP contribution is -2.25. The first-order valence-corrected chi connectivity index (χ1v) is 6.68. The molecule has 18 heavy (non-hydrogen) atoms. The molecule has 3 nitrogen and oxygen atoms in total. The normalized spacial score (nSPS) is 11.1. The second kappa shape index (κ2) is 6.73. The summed E-state index contributed by atoms with van der Waals surface area (Å²) in [7, 11) is 0. The summed E-state index contributed by atoms with van der Waals surface area (Å²) < 4.78 is 6.23. The highest BCUT2D eigenvalue weighted by molar-refractivity contribution is 9.10. The molecular weight excluding hydrogens is 294 g/mol. The number of hydrogen-bond donors (Lipinski definition) is 1. The largest absolute Gasteiger partial charge is 0.453 e. The molecule has 0 fully saturated rings. The molecule has 0 amide bonds. The smallest absolute Gasteiger partial charge is 0.169 e. The molecule has 0 unspecified atom stereocenters. The predicted molar refractivity (Wildman–Crippen MR) is 74.0 cm³/mol. The third-order valence-corrected chi connectivity index (χ3v) is 3.10. The molecule has 2 aromatic rings. The molecule has 0 atom stereocenters. The van der Waals surface area contributed by atoms with Crippen LogP contribution in [0.1, 0.15) is 11.3 Å². The van der Waals surface area contributed by atoms with Crippen molar-refractivity contribution in [1.82, 2.24) is 4.90 Å². The Morgan fingerprint density at radius 3 is 2.44 bits per heavy atom. The number of furan rings is 1. The Balaban J connectivity index is 1.99. The maximum atomic E-state index is 9.12. The summed E-state index contributed by atoms with van der Waals surface area (Å²) in [6.45, 7) is 2.28. The fraction of sp³-hybridized carbons (Fsp3) is 0.286. The number of hydrogen-bond acceptors (Lipinski definition) is 3. The molecule has 0 saturated carbocycles. The Bertz CT molecular complexity index is 470. The first-order chi connectivity index (χ1) is 8.78. The van der Waals surface area contributed by atoms with Crippen LogP contribution in [0.15, 0.2) is 51.6 Å². The molecule has 0 bridgehead atoms. The summed E-state index contributed by atoms with van der Waals surface area (Å²) in [5, 5.41) is 9.12. The van der Waals surface area contributed by atoms with Gasteiger partial charge in [0.1, 0.15) is 5.76 Å². The molecule has 0 spiro atoms. The highest BCUT2D eigenvalue weighted by atomic mass is 79.9. The van der Waals surface area contributed by atoms with Crippen LogP contribution < -0.4 is 0 Å². The number of nitrogens with zero attached hydrogens (tertiary/aromatic N) is 1. The molecule has 0 saturated heterocycles. The lowest BCUT2D eigenvalue weighted by Gasteiger charge is -2.20. The SMILES string of the molecule is OCCN(Cc1ccccc1)Cc1ccc(Br)o1. The minimum atomic E-state index is 0.148. The summed E-state index contributed by atoms with van der Waals surface area (Å²) in [6.07, 6.45) is 0. The highest BCUT2D eigenvalue weighted by Gasteiger charge is 2.09. The molecule has 0 aliphatic carbocycles. The van der Waals surface area contributed by atoms with Gasteiger partial charge in [0.15, 0.2) is 4.67 Å². The van der Waals surface area contributed by atoms with Crippen molar-refractivity contribution >= 4 is 15.9 Å². The van der Waals surface area contributed by atoms with Crippen molar-refractivity contribution in [2.75, 3.05) is 13.2 Å². The average Bonchev–Trinajstić information content (AvgIpc) is 2.76. The number of rotatable bonds is 6. The van der Waals surface area contributed by atoms with E-state index in [9.17, 15) is 0 Å². The topological polar surface area (TPSA) is 36.6 Å². The minimum Gasteiger partial charge on any atom is -0.453 e.